The summed E-state index contributed by atoms with van der Waals surface area (Å²) >= 11 is 6.40. The van der Waals surface area contributed by atoms with Gasteiger partial charge in [0.1, 0.15) is 10.9 Å². The summed E-state index contributed by atoms with van der Waals surface area (Å²) in [4.78, 5) is 18.8. The molecule has 1 aromatic heterocycles. The van der Waals surface area contributed by atoms with Crippen LogP contribution < -0.4 is 4.74 Å². The van der Waals surface area contributed by atoms with Crippen LogP contribution in [0.4, 0.5) is 0 Å². The van der Waals surface area contributed by atoms with E-state index in [-0.39, 0.29) is 11.9 Å². The van der Waals surface area contributed by atoms with E-state index in [4.69, 9.17) is 21.1 Å². The zero-order valence-corrected chi connectivity index (χ0v) is 15.4. The summed E-state index contributed by atoms with van der Waals surface area (Å²) in [6.07, 6.45) is 1.87. The molecule has 0 saturated carbocycles. The van der Waals surface area contributed by atoms with Gasteiger partial charge in [-0.3, -0.25) is 9.69 Å². The Morgan fingerprint density at radius 3 is 3.00 bits per heavy atom. The number of hydrogen-bond acceptors (Lipinski definition) is 5. The molecule has 0 N–H and O–H groups in total. The number of rotatable bonds is 5. The van der Waals surface area contributed by atoms with Gasteiger partial charge in [0.25, 0.3) is 0 Å². The van der Waals surface area contributed by atoms with E-state index in [0.717, 1.165) is 41.6 Å². The molecule has 1 fully saturated rings. The average molecular weight is 363 g/mol. The number of piperidine rings is 1. The highest BCUT2D eigenvalue weighted by Crippen LogP contribution is 2.27. The zero-order valence-electron chi connectivity index (χ0n) is 14.6. The predicted molar refractivity (Wildman–Crippen MR) is 97.9 cm³/mol. The standard InChI is InChI=1S/C19H23ClN2O3/c1-3-25-19(23)14-5-4-8-22(11-14)12-15-9-13-6-7-16(24-2)10-17(13)21-18(15)20/h6-7,9-10,14H,3-5,8,11-12H2,1-2H3. The highest BCUT2D eigenvalue weighted by molar-refractivity contribution is 6.30. The Bertz CT molecular complexity index is 766. The summed E-state index contributed by atoms with van der Waals surface area (Å²) < 4.78 is 10.4. The van der Waals surface area contributed by atoms with Crippen LogP contribution in [0, 0.1) is 5.92 Å². The average Bonchev–Trinajstić information content (AvgIpc) is 2.62. The Balaban J connectivity index is 1.75. The van der Waals surface area contributed by atoms with E-state index in [2.05, 4.69) is 16.0 Å². The van der Waals surface area contributed by atoms with Crippen molar-refractivity contribution in [2.45, 2.75) is 26.3 Å². The third-order valence-corrected chi connectivity index (χ3v) is 4.90. The van der Waals surface area contributed by atoms with Crippen molar-refractivity contribution in [3.8, 4) is 5.75 Å². The zero-order chi connectivity index (χ0) is 17.8. The number of methoxy groups -OCH3 is 1. The number of ether oxygens (including phenoxy) is 2. The minimum Gasteiger partial charge on any atom is -0.497 e. The number of hydrogen-bond donors (Lipinski definition) is 0. The van der Waals surface area contributed by atoms with Crippen LogP contribution in [0.1, 0.15) is 25.3 Å². The Morgan fingerprint density at radius 1 is 1.40 bits per heavy atom. The van der Waals surface area contributed by atoms with Crippen molar-refractivity contribution in [1.82, 2.24) is 9.88 Å². The van der Waals surface area contributed by atoms with Gasteiger partial charge in [0, 0.05) is 30.1 Å². The first kappa shape index (κ1) is 18.0. The molecule has 0 aliphatic carbocycles. The number of aromatic nitrogens is 1. The van der Waals surface area contributed by atoms with Crippen LogP contribution in [0.25, 0.3) is 10.9 Å². The van der Waals surface area contributed by atoms with Crippen molar-refractivity contribution in [3.63, 3.8) is 0 Å². The fourth-order valence-corrected chi connectivity index (χ4v) is 3.50. The Hall–Kier alpha value is -1.85. The number of nitrogens with zero attached hydrogens (tertiary/aromatic N) is 2. The molecule has 0 amide bonds. The highest BCUT2D eigenvalue weighted by Gasteiger charge is 2.27. The van der Waals surface area contributed by atoms with Gasteiger partial charge in [-0.05, 0) is 44.5 Å². The van der Waals surface area contributed by atoms with Crippen LogP contribution >= 0.6 is 11.6 Å². The Kier molecular flexibility index (Phi) is 5.76. The van der Waals surface area contributed by atoms with Gasteiger partial charge in [0.05, 0.1) is 25.2 Å². The fraction of sp³-hybridized carbons (Fsp3) is 0.474. The van der Waals surface area contributed by atoms with E-state index in [9.17, 15) is 4.79 Å². The molecule has 134 valence electrons. The van der Waals surface area contributed by atoms with Crippen molar-refractivity contribution in [3.05, 3.63) is 35.0 Å². The molecule has 1 saturated heterocycles. The molecule has 2 heterocycles. The van der Waals surface area contributed by atoms with Crippen LogP contribution in [0.15, 0.2) is 24.3 Å². The van der Waals surface area contributed by atoms with Crippen molar-refractivity contribution < 1.29 is 14.3 Å². The second kappa shape index (κ2) is 8.02. The van der Waals surface area contributed by atoms with Crippen molar-refractivity contribution in [2.75, 3.05) is 26.8 Å². The van der Waals surface area contributed by atoms with Gasteiger partial charge in [-0.15, -0.1) is 0 Å². The number of pyridine rings is 1. The van der Waals surface area contributed by atoms with Gasteiger partial charge in [-0.2, -0.15) is 0 Å². The highest BCUT2D eigenvalue weighted by atomic mass is 35.5. The summed E-state index contributed by atoms with van der Waals surface area (Å²) in [6, 6.07) is 7.85. The molecule has 1 aromatic carbocycles. The third kappa shape index (κ3) is 4.22. The maximum absolute atomic E-state index is 12.0. The monoisotopic (exact) mass is 362 g/mol. The van der Waals surface area contributed by atoms with Crippen LogP contribution in [0.3, 0.4) is 0 Å². The van der Waals surface area contributed by atoms with Crippen LogP contribution in [0.5, 0.6) is 5.75 Å². The second-order valence-electron chi connectivity index (χ2n) is 6.32. The van der Waals surface area contributed by atoms with E-state index in [0.29, 0.717) is 24.8 Å². The van der Waals surface area contributed by atoms with Gasteiger partial charge in [0.15, 0.2) is 0 Å². The first-order valence-corrected chi connectivity index (χ1v) is 9.00. The first-order valence-electron chi connectivity index (χ1n) is 8.63. The molecule has 1 atom stereocenters. The number of esters is 1. The van der Waals surface area contributed by atoms with E-state index in [1.807, 2.05) is 25.1 Å². The van der Waals surface area contributed by atoms with Gasteiger partial charge < -0.3 is 9.47 Å². The minimum absolute atomic E-state index is 0.0508. The summed E-state index contributed by atoms with van der Waals surface area (Å²) in [5.74, 6) is 0.615. The van der Waals surface area contributed by atoms with Gasteiger partial charge in [-0.1, -0.05) is 11.6 Å². The lowest BCUT2D eigenvalue weighted by molar-refractivity contribution is -0.150. The smallest absolute Gasteiger partial charge is 0.310 e. The molecule has 3 rings (SSSR count). The predicted octanol–water partition coefficient (Wildman–Crippen LogP) is 3.67. The van der Waals surface area contributed by atoms with E-state index < -0.39 is 0 Å². The summed E-state index contributed by atoms with van der Waals surface area (Å²) in [6.45, 7) is 4.61. The molecule has 1 aliphatic heterocycles. The number of fused-ring (bicyclic) bond motifs is 1. The number of likely N-dealkylation sites (tertiary alicyclic amines) is 1. The van der Waals surface area contributed by atoms with Crippen molar-refractivity contribution >= 4 is 28.5 Å². The van der Waals surface area contributed by atoms with Crippen LogP contribution in [0.2, 0.25) is 5.15 Å². The maximum Gasteiger partial charge on any atom is 0.310 e. The molecule has 25 heavy (non-hydrogen) atoms. The lowest BCUT2D eigenvalue weighted by atomic mass is 9.98. The summed E-state index contributed by atoms with van der Waals surface area (Å²) in [5, 5.41) is 1.53. The molecule has 1 aliphatic rings. The molecule has 6 heteroatoms. The van der Waals surface area contributed by atoms with Gasteiger partial charge >= 0.3 is 5.97 Å². The van der Waals surface area contributed by atoms with Crippen molar-refractivity contribution in [2.24, 2.45) is 5.92 Å². The normalized spacial score (nSPS) is 18.3. The van der Waals surface area contributed by atoms with Crippen LogP contribution in [-0.2, 0) is 16.1 Å². The number of benzene rings is 1. The molecule has 0 bridgehead atoms. The molecule has 2 aromatic rings. The van der Waals surface area contributed by atoms with Gasteiger partial charge in [0.2, 0.25) is 0 Å². The number of halogens is 1. The van der Waals surface area contributed by atoms with E-state index in [1.54, 1.807) is 7.11 Å². The molecule has 1 unspecified atom stereocenters. The quantitative estimate of drug-likeness (QED) is 0.600. The third-order valence-electron chi connectivity index (χ3n) is 4.57. The van der Waals surface area contributed by atoms with Crippen molar-refractivity contribution in [1.29, 1.82) is 0 Å². The Labute approximate surface area is 152 Å². The number of carbonyl (C=O) groups is 1. The molecular formula is C19H23ClN2O3. The first-order chi connectivity index (χ1) is 12.1. The largest absolute Gasteiger partial charge is 0.497 e. The topological polar surface area (TPSA) is 51.7 Å². The molecule has 5 nitrogen and oxygen atoms in total. The minimum atomic E-state index is -0.0953. The lowest BCUT2D eigenvalue weighted by Gasteiger charge is -2.31. The summed E-state index contributed by atoms with van der Waals surface area (Å²) in [7, 11) is 1.63. The second-order valence-corrected chi connectivity index (χ2v) is 6.68. The van der Waals surface area contributed by atoms with Crippen LogP contribution in [-0.4, -0.2) is 42.7 Å². The Morgan fingerprint density at radius 2 is 2.24 bits per heavy atom. The molecule has 0 spiro atoms. The molecular weight excluding hydrogens is 340 g/mol. The van der Waals surface area contributed by atoms with Gasteiger partial charge in [-0.25, -0.2) is 4.98 Å². The summed E-state index contributed by atoms with van der Waals surface area (Å²) in [5.41, 5.74) is 1.79. The van der Waals surface area contributed by atoms with E-state index in [1.165, 1.54) is 0 Å². The lowest BCUT2D eigenvalue weighted by Crippen LogP contribution is -2.39. The SMILES string of the molecule is CCOC(=O)C1CCCN(Cc2cc3ccc(OC)cc3nc2Cl)C1. The molecule has 0 radical (unpaired) electrons. The fourth-order valence-electron chi connectivity index (χ4n) is 3.30. The van der Waals surface area contributed by atoms with E-state index >= 15 is 0 Å². The maximum atomic E-state index is 12.0. The number of carbonyl (C=O) groups excluding carboxylic acids is 1.